The lowest BCUT2D eigenvalue weighted by atomic mass is 10.0. The third kappa shape index (κ3) is 4.55. The molecular weight excluding hydrogens is 416 g/mol. The number of benzene rings is 1. The summed E-state index contributed by atoms with van der Waals surface area (Å²) in [6.07, 6.45) is 5.50. The van der Waals surface area contributed by atoms with Gasteiger partial charge in [0.15, 0.2) is 0 Å². The molecule has 0 fully saturated rings. The van der Waals surface area contributed by atoms with Gasteiger partial charge in [-0.05, 0) is 24.1 Å². The second kappa shape index (κ2) is 9.70. The van der Waals surface area contributed by atoms with Crippen molar-refractivity contribution >= 4 is 28.4 Å². The zero-order valence-electron chi connectivity index (χ0n) is 18.3. The molecule has 33 heavy (non-hydrogen) atoms. The van der Waals surface area contributed by atoms with Gasteiger partial charge in [0.05, 0.1) is 22.3 Å². The number of anilines is 2. The van der Waals surface area contributed by atoms with Crippen molar-refractivity contribution in [3.63, 3.8) is 0 Å². The molecule has 3 heterocycles. The summed E-state index contributed by atoms with van der Waals surface area (Å²) in [5.74, 6) is 1.05. The molecule has 0 radical (unpaired) electrons. The molecule has 0 atom stereocenters. The molecule has 0 aliphatic rings. The molecule has 3 aromatic heterocycles. The molecule has 0 saturated heterocycles. The van der Waals surface area contributed by atoms with Crippen molar-refractivity contribution in [3.8, 4) is 17.3 Å². The van der Waals surface area contributed by atoms with E-state index in [4.69, 9.17) is 0 Å². The highest BCUT2D eigenvalue weighted by Gasteiger charge is 2.12. The predicted molar refractivity (Wildman–Crippen MR) is 127 cm³/mol. The van der Waals surface area contributed by atoms with Gasteiger partial charge in [0.2, 0.25) is 0 Å². The van der Waals surface area contributed by atoms with Crippen LogP contribution in [0.15, 0.2) is 55.1 Å². The highest BCUT2D eigenvalue weighted by Crippen LogP contribution is 2.23. The second-order valence-corrected chi connectivity index (χ2v) is 7.20. The number of hydrogen-bond donors (Lipinski definition) is 3. The van der Waals surface area contributed by atoms with Crippen LogP contribution in [0.3, 0.4) is 0 Å². The van der Waals surface area contributed by atoms with Crippen LogP contribution >= 0.6 is 0 Å². The Bertz CT molecular complexity index is 1360. The van der Waals surface area contributed by atoms with Crippen molar-refractivity contribution in [2.24, 2.45) is 0 Å². The standard InChI is InChI=1S/C24H22N8O/c1-26-23-16(12-25)10-17(13-30-23)20-11-21(32-14-31-20)28-8-6-15-4-3-5-18-19(24(33)27-2)7-9-29-22(15)18/h3-5,7,9-11,13-14H,6,8H2,1-2H3,(H,26,30)(H,27,33)(H,28,31,32). The number of carbonyl (C=O) groups excluding carboxylic acids is 1. The third-order valence-electron chi connectivity index (χ3n) is 5.23. The van der Waals surface area contributed by atoms with E-state index >= 15 is 0 Å². The van der Waals surface area contributed by atoms with Gasteiger partial charge in [-0.2, -0.15) is 5.26 Å². The lowest BCUT2D eigenvalue weighted by Crippen LogP contribution is -2.18. The highest BCUT2D eigenvalue weighted by atomic mass is 16.1. The Hall–Kier alpha value is -4.58. The van der Waals surface area contributed by atoms with Crippen LogP contribution in [-0.2, 0) is 6.42 Å². The fourth-order valence-electron chi connectivity index (χ4n) is 3.60. The number of carbonyl (C=O) groups is 1. The van der Waals surface area contributed by atoms with E-state index in [1.165, 1.54) is 6.33 Å². The number of nitrogens with one attached hydrogen (secondary N) is 3. The van der Waals surface area contributed by atoms with Gasteiger partial charge in [0, 0.05) is 50.0 Å². The summed E-state index contributed by atoms with van der Waals surface area (Å²) in [5, 5.41) is 19.0. The van der Waals surface area contributed by atoms with Crippen LogP contribution in [0.2, 0.25) is 0 Å². The summed E-state index contributed by atoms with van der Waals surface area (Å²) in [4.78, 5) is 29.6. The van der Waals surface area contributed by atoms with Crippen molar-refractivity contribution in [2.75, 3.05) is 31.3 Å². The van der Waals surface area contributed by atoms with Gasteiger partial charge in [-0.1, -0.05) is 18.2 Å². The number of pyridine rings is 2. The summed E-state index contributed by atoms with van der Waals surface area (Å²) in [6, 6.07) is 13.3. The maximum atomic E-state index is 12.2. The van der Waals surface area contributed by atoms with Crippen LogP contribution in [-0.4, -0.2) is 46.5 Å². The van der Waals surface area contributed by atoms with Gasteiger partial charge < -0.3 is 16.0 Å². The molecule has 1 amide bonds. The molecule has 9 nitrogen and oxygen atoms in total. The number of para-hydroxylation sites is 1. The van der Waals surface area contributed by atoms with Gasteiger partial charge in [0.25, 0.3) is 5.91 Å². The van der Waals surface area contributed by atoms with E-state index in [-0.39, 0.29) is 5.91 Å². The Morgan fingerprint density at radius 2 is 1.97 bits per heavy atom. The highest BCUT2D eigenvalue weighted by molar-refractivity contribution is 6.06. The first-order valence-electron chi connectivity index (χ1n) is 10.4. The molecule has 4 aromatic rings. The van der Waals surface area contributed by atoms with Crippen LogP contribution in [0.5, 0.6) is 0 Å². The zero-order chi connectivity index (χ0) is 23.2. The Morgan fingerprint density at radius 3 is 2.76 bits per heavy atom. The quantitative estimate of drug-likeness (QED) is 0.402. The lowest BCUT2D eigenvalue weighted by Gasteiger charge is -2.11. The topological polar surface area (TPSA) is 129 Å². The van der Waals surface area contributed by atoms with E-state index in [2.05, 4.69) is 42.0 Å². The maximum Gasteiger partial charge on any atom is 0.251 e. The van der Waals surface area contributed by atoms with E-state index in [9.17, 15) is 10.1 Å². The van der Waals surface area contributed by atoms with Crippen LogP contribution in [0.1, 0.15) is 21.5 Å². The van der Waals surface area contributed by atoms with Crippen molar-refractivity contribution in [3.05, 3.63) is 71.8 Å². The summed E-state index contributed by atoms with van der Waals surface area (Å²) < 4.78 is 0. The fourth-order valence-corrected chi connectivity index (χ4v) is 3.60. The van der Waals surface area contributed by atoms with E-state index in [1.54, 1.807) is 38.6 Å². The van der Waals surface area contributed by atoms with Crippen molar-refractivity contribution in [2.45, 2.75) is 6.42 Å². The first-order chi connectivity index (χ1) is 16.1. The Labute approximate surface area is 190 Å². The van der Waals surface area contributed by atoms with Gasteiger partial charge in [-0.3, -0.25) is 9.78 Å². The molecule has 0 bridgehead atoms. The first kappa shape index (κ1) is 21.6. The van der Waals surface area contributed by atoms with E-state index in [1.807, 2.05) is 24.3 Å². The van der Waals surface area contributed by atoms with Crippen molar-refractivity contribution in [1.82, 2.24) is 25.3 Å². The number of hydrogen-bond acceptors (Lipinski definition) is 8. The SMILES string of the molecule is CNC(=O)c1ccnc2c(CCNc3cc(-c4cnc(NC)c(C#N)c4)ncn3)cccc12. The number of nitrogens with zero attached hydrogens (tertiary/aromatic N) is 5. The van der Waals surface area contributed by atoms with Crippen LogP contribution in [0.4, 0.5) is 11.6 Å². The van der Waals surface area contributed by atoms with Crippen molar-refractivity contribution < 1.29 is 4.79 Å². The summed E-state index contributed by atoms with van der Waals surface area (Å²) in [5.41, 5.74) is 4.29. The van der Waals surface area contributed by atoms with Gasteiger partial charge in [-0.25, -0.2) is 15.0 Å². The average Bonchev–Trinajstić information content (AvgIpc) is 2.87. The minimum Gasteiger partial charge on any atom is -0.372 e. The predicted octanol–water partition coefficient (Wildman–Crippen LogP) is 3.01. The fraction of sp³-hybridized carbons (Fsp3) is 0.167. The molecule has 0 aliphatic carbocycles. The first-order valence-corrected chi connectivity index (χ1v) is 10.4. The smallest absolute Gasteiger partial charge is 0.251 e. The minimum atomic E-state index is -0.136. The molecule has 0 unspecified atom stereocenters. The number of amides is 1. The monoisotopic (exact) mass is 438 g/mol. The number of nitriles is 1. The van der Waals surface area contributed by atoms with Crippen LogP contribution in [0, 0.1) is 11.3 Å². The number of fused-ring (bicyclic) bond motifs is 1. The summed E-state index contributed by atoms with van der Waals surface area (Å²) in [7, 11) is 3.34. The Balaban J connectivity index is 1.51. The average molecular weight is 438 g/mol. The molecular formula is C24H22N8O. The molecule has 164 valence electrons. The molecule has 0 spiro atoms. The second-order valence-electron chi connectivity index (χ2n) is 7.20. The molecule has 0 aliphatic heterocycles. The van der Waals surface area contributed by atoms with Crippen molar-refractivity contribution in [1.29, 1.82) is 5.26 Å². The molecule has 3 N–H and O–H groups in total. The number of rotatable bonds is 7. The minimum absolute atomic E-state index is 0.136. The van der Waals surface area contributed by atoms with Gasteiger partial charge in [0.1, 0.15) is 24.0 Å². The van der Waals surface area contributed by atoms with Crippen LogP contribution in [0.25, 0.3) is 22.2 Å². The summed E-state index contributed by atoms with van der Waals surface area (Å²) >= 11 is 0. The molecule has 9 heteroatoms. The van der Waals surface area contributed by atoms with Gasteiger partial charge in [-0.15, -0.1) is 0 Å². The molecule has 4 rings (SSSR count). The van der Waals surface area contributed by atoms with E-state index in [0.717, 1.165) is 22.0 Å². The normalized spacial score (nSPS) is 10.5. The molecule has 0 saturated carbocycles. The summed E-state index contributed by atoms with van der Waals surface area (Å²) in [6.45, 7) is 0.613. The maximum absolute atomic E-state index is 12.2. The van der Waals surface area contributed by atoms with Gasteiger partial charge >= 0.3 is 0 Å². The lowest BCUT2D eigenvalue weighted by molar-refractivity contribution is 0.0964. The number of aromatic nitrogens is 4. The van der Waals surface area contributed by atoms with E-state index in [0.29, 0.717) is 41.4 Å². The zero-order valence-corrected chi connectivity index (χ0v) is 18.3. The Kier molecular flexibility index (Phi) is 6.36. The largest absolute Gasteiger partial charge is 0.372 e. The van der Waals surface area contributed by atoms with Crippen LogP contribution < -0.4 is 16.0 Å². The van der Waals surface area contributed by atoms with E-state index < -0.39 is 0 Å². The Morgan fingerprint density at radius 1 is 1.09 bits per heavy atom. The third-order valence-corrected chi connectivity index (χ3v) is 5.23. The molecule has 1 aromatic carbocycles.